The van der Waals surface area contributed by atoms with Gasteiger partial charge in [0.1, 0.15) is 11.5 Å². The highest BCUT2D eigenvalue weighted by Gasteiger charge is 2.05. The minimum atomic E-state index is 0.208. The van der Waals surface area contributed by atoms with Crippen LogP contribution in [0.4, 0.5) is 0 Å². The standard InChI is InChI=1S/C18H15NO2/c1-13-6-8-15(9-7-13)18-12-16(19-21-18)10-11-17(20)14-4-2-3-5-14/h2-12,20H,1H3/b11-10+. The first kappa shape index (κ1) is 13.2. The quantitative estimate of drug-likeness (QED) is 0.834. The van der Waals surface area contributed by atoms with Crippen LogP contribution >= 0.6 is 0 Å². The molecular weight excluding hydrogens is 262 g/mol. The molecule has 0 radical (unpaired) electrons. The van der Waals surface area contributed by atoms with Crippen molar-refractivity contribution in [3.05, 3.63) is 83.3 Å². The molecule has 104 valence electrons. The van der Waals surface area contributed by atoms with Gasteiger partial charge in [0.05, 0.1) is 0 Å². The molecule has 0 saturated heterocycles. The van der Waals surface area contributed by atoms with Crippen LogP contribution in [0.2, 0.25) is 0 Å². The Labute approximate surface area is 123 Å². The van der Waals surface area contributed by atoms with Crippen LogP contribution in [0.25, 0.3) is 17.4 Å². The Kier molecular flexibility index (Phi) is 3.56. The Hall–Kier alpha value is -2.81. The van der Waals surface area contributed by atoms with Gasteiger partial charge in [0.15, 0.2) is 5.76 Å². The SMILES string of the molecule is Cc1ccc(-c2cc(/C=C/C(O)=C3C=CC=C3)no2)cc1. The molecule has 0 saturated carbocycles. The van der Waals surface area contributed by atoms with Crippen LogP contribution in [0.1, 0.15) is 11.3 Å². The Morgan fingerprint density at radius 1 is 1.14 bits per heavy atom. The summed E-state index contributed by atoms with van der Waals surface area (Å²) in [6.07, 6.45) is 10.8. The molecule has 0 unspecified atom stereocenters. The van der Waals surface area contributed by atoms with E-state index in [-0.39, 0.29) is 5.76 Å². The summed E-state index contributed by atoms with van der Waals surface area (Å²) in [5.41, 5.74) is 3.64. The lowest BCUT2D eigenvalue weighted by Crippen LogP contribution is -1.79. The molecular formula is C18H15NO2. The highest BCUT2D eigenvalue weighted by Crippen LogP contribution is 2.21. The fraction of sp³-hybridized carbons (Fsp3) is 0.0556. The molecule has 0 fully saturated rings. The smallest absolute Gasteiger partial charge is 0.167 e. The Balaban J connectivity index is 1.79. The van der Waals surface area contributed by atoms with E-state index in [9.17, 15) is 5.11 Å². The van der Waals surface area contributed by atoms with E-state index >= 15 is 0 Å². The molecule has 1 aromatic heterocycles. The summed E-state index contributed by atoms with van der Waals surface area (Å²) in [4.78, 5) is 0. The first-order valence-electron chi connectivity index (χ1n) is 6.72. The highest BCUT2D eigenvalue weighted by atomic mass is 16.5. The second kappa shape index (κ2) is 5.67. The van der Waals surface area contributed by atoms with Gasteiger partial charge in [0.25, 0.3) is 0 Å². The van der Waals surface area contributed by atoms with Crippen LogP contribution in [0.5, 0.6) is 0 Å². The van der Waals surface area contributed by atoms with Crippen molar-refractivity contribution in [3.63, 3.8) is 0 Å². The zero-order valence-electron chi connectivity index (χ0n) is 11.7. The molecule has 3 nitrogen and oxygen atoms in total. The van der Waals surface area contributed by atoms with Gasteiger partial charge in [0.2, 0.25) is 0 Å². The largest absolute Gasteiger partial charge is 0.507 e. The third-order valence-corrected chi connectivity index (χ3v) is 3.23. The van der Waals surface area contributed by atoms with Gasteiger partial charge < -0.3 is 9.63 Å². The Morgan fingerprint density at radius 3 is 2.57 bits per heavy atom. The number of rotatable bonds is 3. The minimum Gasteiger partial charge on any atom is -0.507 e. The van der Waals surface area contributed by atoms with Gasteiger partial charge in [-0.25, -0.2) is 0 Å². The Morgan fingerprint density at radius 2 is 1.86 bits per heavy atom. The first-order valence-corrected chi connectivity index (χ1v) is 6.72. The van der Waals surface area contributed by atoms with Crippen molar-refractivity contribution in [2.24, 2.45) is 0 Å². The number of hydrogen-bond acceptors (Lipinski definition) is 3. The number of allylic oxidation sites excluding steroid dienone is 6. The number of benzene rings is 1. The molecule has 0 amide bonds. The van der Waals surface area contributed by atoms with Gasteiger partial charge in [-0.1, -0.05) is 59.3 Å². The van der Waals surface area contributed by atoms with Crippen molar-refractivity contribution in [1.82, 2.24) is 5.16 Å². The average molecular weight is 277 g/mol. The van der Waals surface area contributed by atoms with Crippen molar-refractivity contribution in [2.75, 3.05) is 0 Å². The first-order chi connectivity index (χ1) is 10.2. The van der Waals surface area contributed by atoms with Gasteiger partial charge >= 0.3 is 0 Å². The molecule has 1 aromatic carbocycles. The van der Waals surface area contributed by atoms with Crippen LogP contribution in [0.15, 0.2) is 76.6 Å². The molecule has 3 heteroatoms. The minimum absolute atomic E-state index is 0.208. The van der Waals surface area contributed by atoms with E-state index in [1.807, 2.05) is 61.6 Å². The lowest BCUT2D eigenvalue weighted by Gasteiger charge is -1.95. The molecule has 2 aromatic rings. The Bertz CT molecular complexity index is 745. The van der Waals surface area contributed by atoms with E-state index < -0.39 is 0 Å². The number of hydrogen-bond donors (Lipinski definition) is 1. The molecule has 1 aliphatic carbocycles. The number of aliphatic hydroxyl groups excluding tert-OH is 1. The second-order valence-electron chi connectivity index (χ2n) is 4.87. The third kappa shape index (κ3) is 3.03. The summed E-state index contributed by atoms with van der Waals surface area (Å²) in [6.45, 7) is 2.04. The maximum atomic E-state index is 9.90. The van der Waals surface area contributed by atoms with Gasteiger partial charge in [-0.3, -0.25) is 0 Å². The summed E-state index contributed by atoms with van der Waals surface area (Å²) in [6, 6.07) is 9.90. The van der Waals surface area contributed by atoms with Crippen LogP contribution in [0.3, 0.4) is 0 Å². The number of aryl methyl sites for hydroxylation is 1. The topological polar surface area (TPSA) is 46.3 Å². The van der Waals surface area contributed by atoms with E-state index in [2.05, 4.69) is 5.16 Å². The fourth-order valence-electron chi connectivity index (χ4n) is 2.03. The molecule has 1 N–H and O–H groups in total. The van der Waals surface area contributed by atoms with Crippen molar-refractivity contribution >= 4 is 6.08 Å². The molecule has 3 rings (SSSR count). The maximum Gasteiger partial charge on any atom is 0.167 e. The van der Waals surface area contributed by atoms with E-state index in [4.69, 9.17) is 4.52 Å². The molecule has 0 atom stereocenters. The van der Waals surface area contributed by atoms with E-state index in [0.29, 0.717) is 11.5 Å². The lowest BCUT2D eigenvalue weighted by molar-refractivity contribution is 0.428. The highest BCUT2D eigenvalue weighted by molar-refractivity contribution is 5.62. The summed E-state index contributed by atoms with van der Waals surface area (Å²) in [7, 11) is 0. The zero-order chi connectivity index (χ0) is 14.7. The predicted octanol–water partition coefficient (Wildman–Crippen LogP) is 4.60. The predicted molar refractivity (Wildman–Crippen MR) is 83.6 cm³/mol. The molecule has 0 bridgehead atoms. The van der Waals surface area contributed by atoms with Gasteiger partial charge in [-0.05, 0) is 19.1 Å². The van der Waals surface area contributed by atoms with Crippen molar-refractivity contribution in [3.8, 4) is 11.3 Å². The van der Waals surface area contributed by atoms with Crippen molar-refractivity contribution < 1.29 is 9.63 Å². The van der Waals surface area contributed by atoms with Gasteiger partial charge in [-0.15, -0.1) is 0 Å². The summed E-state index contributed by atoms with van der Waals surface area (Å²) < 4.78 is 5.32. The number of nitrogens with zero attached hydrogens (tertiary/aromatic N) is 1. The second-order valence-corrected chi connectivity index (χ2v) is 4.87. The van der Waals surface area contributed by atoms with Gasteiger partial charge in [-0.2, -0.15) is 0 Å². The molecule has 1 aliphatic rings. The van der Waals surface area contributed by atoms with Gasteiger partial charge in [0, 0.05) is 17.2 Å². The average Bonchev–Trinajstić information content (AvgIpc) is 3.17. The van der Waals surface area contributed by atoms with E-state index in [1.54, 1.807) is 12.2 Å². The monoisotopic (exact) mass is 277 g/mol. The van der Waals surface area contributed by atoms with Crippen LogP contribution in [0, 0.1) is 6.92 Å². The summed E-state index contributed by atoms with van der Waals surface area (Å²) in [5, 5.41) is 13.9. The van der Waals surface area contributed by atoms with Crippen LogP contribution < -0.4 is 0 Å². The van der Waals surface area contributed by atoms with E-state index in [1.165, 1.54) is 5.56 Å². The summed E-state index contributed by atoms with van der Waals surface area (Å²) in [5.74, 6) is 0.919. The lowest BCUT2D eigenvalue weighted by atomic mass is 10.1. The number of aromatic nitrogens is 1. The van der Waals surface area contributed by atoms with Crippen molar-refractivity contribution in [2.45, 2.75) is 6.92 Å². The molecule has 1 heterocycles. The number of aliphatic hydroxyl groups is 1. The molecule has 21 heavy (non-hydrogen) atoms. The molecule has 0 spiro atoms. The van der Waals surface area contributed by atoms with Crippen LogP contribution in [-0.2, 0) is 0 Å². The summed E-state index contributed by atoms with van der Waals surface area (Å²) >= 11 is 0. The normalized spacial score (nSPS) is 13.5. The maximum absolute atomic E-state index is 9.90. The van der Waals surface area contributed by atoms with E-state index in [0.717, 1.165) is 11.1 Å². The zero-order valence-corrected chi connectivity index (χ0v) is 11.7. The molecule has 0 aliphatic heterocycles. The third-order valence-electron chi connectivity index (χ3n) is 3.23. The fourth-order valence-corrected chi connectivity index (χ4v) is 2.03. The van der Waals surface area contributed by atoms with Crippen molar-refractivity contribution in [1.29, 1.82) is 0 Å². The van der Waals surface area contributed by atoms with Crippen LogP contribution in [-0.4, -0.2) is 10.3 Å².